The Labute approximate surface area is 193 Å². The third-order valence-electron chi connectivity index (χ3n) is 4.95. The summed E-state index contributed by atoms with van der Waals surface area (Å²) < 4.78 is 5.40. The second-order valence-electron chi connectivity index (χ2n) is 7.19. The highest BCUT2D eigenvalue weighted by Crippen LogP contribution is 2.29. The Hall–Kier alpha value is -2.95. The lowest BCUT2D eigenvalue weighted by Crippen LogP contribution is -2.36. The van der Waals surface area contributed by atoms with Crippen molar-refractivity contribution in [1.82, 2.24) is 4.98 Å². The van der Waals surface area contributed by atoms with Gasteiger partial charge in [0.05, 0.1) is 29.1 Å². The molecule has 1 aromatic heterocycles. The van der Waals surface area contributed by atoms with Gasteiger partial charge in [-0.2, -0.15) is 0 Å². The van der Waals surface area contributed by atoms with Crippen LogP contribution in [0.15, 0.2) is 58.8 Å². The summed E-state index contributed by atoms with van der Waals surface area (Å²) in [5.41, 5.74) is 2.64. The highest BCUT2D eigenvalue weighted by Gasteiger charge is 2.17. The van der Waals surface area contributed by atoms with Crippen molar-refractivity contribution in [3.63, 3.8) is 0 Å². The molecule has 1 aliphatic heterocycles. The largest absolute Gasteiger partial charge is 0.378 e. The number of rotatable bonds is 7. The van der Waals surface area contributed by atoms with E-state index >= 15 is 0 Å². The van der Waals surface area contributed by atoms with Gasteiger partial charge >= 0.3 is 0 Å². The molecule has 166 valence electrons. The van der Waals surface area contributed by atoms with E-state index in [0.717, 1.165) is 47.6 Å². The number of nitro groups is 1. The number of hydrogen-bond donors (Lipinski definition) is 1. The normalized spacial score (nSPS) is 14.7. The van der Waals surface area contributed by atoms with Gasteiger partial charge in [-0.1, -0.05) is 12.1 Å². The summed E-state index contributed by atoms with van der Waals surface area (Å²) in [7, 11) is 0. The van der Waals surface area contributed by atoms with Crippen LogP contribution in [0.3, 0.4) is 0 Å². The number of morpholine rings is 1. The minimum Gasteiger partial charge on any atom is -0.378 e. The number of thioether (sulfide) groups is 1. The fraction of sp³-hybridized carbons (Fsp3) is 0.273. The Morgan fingerprint density at radius 2 is 1.88 bits per heavy atom. The van der Waals surface area contributed by atoms with E-state index in [2.05, 4.69) is 10.2 Å². The molecule has 1 unspecified atom stereocenters. The molecule has 1 N–H and O–H groups in total. The first-order chi connectivity index (χ1) is 15.5. The summed E-state index contributed by atoms with van der Waals surface area (Å²) in [6, 6.07) is 13.8. The maximum atomic E-state index is 12.6. The Kier molecular flexibility index (Phi) is 7.03. The lowest BCUT2D eigenvalue weighted by atomic mass is 10.1. The molecule has 10 heteroatoms. The van der Waals surface area contributed by atoms with Crippen LogP contribution >= 0.6 is 23.1 Å². The van der Waals surface area contributed by atoms with E-state index in [0.29, 0.717) is 5.69 Å². The Bertz CT molecular complexity index is 1080. The number of benzene rings is 2. The van der Waals surface area contributed by atoms with Gasteiger partial charge < -0.3 is 15.0 Å². The van der Waals surface area contributed by atoms with E-state index in [1.807, 2.05) is 29.6 Å². The van der Waals surface area contributed by atoms with E-state index in [1.165, 1.54) is 23.9 Å². The number of hydrogen-bond acceptors (Lipinski definition) is 8. The first-order valence-corrected chi connectivity index (χ1v) is 11.9. The molecular weight excluding hydrogens is 448 g/mol. The van der Waals surface area contributed by atoms with E-state index in [-0.39, 0.29) is 16.8 Å². The van der Waals surface area contributed by atoms with Crippen LogP contribution in [0, 0.1) is 10.1 Å². The number of nitrogens with zero attached hydrogens (tertiary/aromatic N) is 3. The van der Waals surface area contributed by atoms with Gasteiger partial charge in [-0.3, -0.25) is 14.9 Å². The van der Waals surface area contributed by atoms with Gasteiger partial charge in [0.2, 0.25) is 5.91 Å². The lowest BCUT2D eigenvalue weighted by Gasteiger charge is -2.26. The number of amides is 1. The van der Waals surface area contributed by atoms with Crippen LogP contribution in [-0.4, -0.2) is 47.4 Å². The van der Waals surface area contributed by atoms with Crippen molar-refractivity contribution in [3.05, 3.63) is 64.0 Å². The minimum absolute atomic E-state index is 0.0312. The van der Waals surface area contributed by atoms with Gasteiger partial charge in [-0.15, -0.1) is 23.1 Å². The molecule has 0 aliphatic carbocycles. The lowest BCUT2D eigenvalue weighted by molar-refractivity contribution is -0.384. The van der Waals surface area contributed by atoms with E-state index in [1.54, 1.807) is 30.4 Å². The highest BCUT2D eigenvalue weighted by molar-refractivity contribution is 8.00. The average Bonchev–Trinajstić information content (AvgIpc) is 3.31. The summed E-state index contributed by atoms with van der Waals surface area (Å²) in [5.74, 6) is -0.135. The molecule has 0 spiro atoms. The Balaban J connectivity index is 1.34. The van der Waals surface area contributed by atoms with E-state index in [4.69, 9.17) is 9.72 Å². The second kappa shape index (κ2) is 10.1. The smallest absolute Gasteiger partial charge is 0.269 e. The molecular formula is C22H22N4O4S2. The predicted octanol–water partition coefficient (Wildman–Crippen LogP) is 4.67. The molecule has 3 aromatic rings. The summed E-state index contributed by atoms with van der Waals surface area (Å²) in [5, 5.41) is 16.4. The summed E-state index contributed by atoms with van der Waals surface area (Å²) in [6.45, 7) is 4.97. The van der Waals surface area contributed by atoms with Crippen LogP contribution in [0.25, 0.3) is 11.3 Å². The predicted molar refractivity (Wildman–Crippen MR) is 128 cm³/mol. The number of nitro benzene ring substituents is 1. The molecule has 0 bridgehead atoms. The van der Waals surface area contributed by atoms with Crippen LogP contribution in [0.4, 0.5) is 16.5 Å². The minimum atomic E-state index is -0.441. The summed E-state index contributed by atoms with van der Waals surface area (Å²) in [6.07, 6.45) is 0. The highest BCUT2D eigenvalue weighted by atomic mass is 32.2. The zero-order valence-corrected chi connectivity index (χ0v) is 19.0. The Morgan fingerprint density at radius 3 is 2.53 bits per heavy atom. The van der Waals surface area contributed by atoms with Crippen molar-refractivity contribution in [2.24, 2.45) is 0 Å². The topological polar surface area (TPSA) is 97.6 Å². The number of nitrogens with one attached hydrogen (secondary N) is 1. The molecule has 1 amide bonds. The molecule has 1 saturated heterocycles. The SMILES string of the molecule is CC(Sc1ccc([N+](=O)[O-])cc1)C(=O)Nc1ccc(-c2csc(N3CCOCC3)n2)cc1. The zero-order valence-electron chi connectivity index (χ0n) is 17.4. The first-order valence-electron chi connectivity index (χ1n) is 10.1. The maximum absolute atomic E-state index is 12.6. The first kappa shape index (κ1) is 22.3. The summed E-state index contributed by atoms with van der Waals surface area (Å²) in [4.78, 5) is 30.7. The number of aromatic nitrogens is 1. The number of carbonyl (C=O) groups excluding carboxylic acids is 1. The van der Waals surface area contributed by atoms with Crippen molar-refractivity contribution in [3.8, 4) is 11.3 Å². The van der Waals surface area contributed by atoms with Gasteiger partial charge in [-0.25, -0.2) is 4.98 Å². The molecule has 2 heterocycles. The summed E-state index contributed by atoms with van der Waals surface area (Å²) >= 11 is 2.97. The number of anilines is 2. The number of non-ortho nitro benzene ring substituents is 1. The second-order valence-corrected chi connectivity index (χ2v) is 9.44. The monoisotopic (exact) mass is 470 g/mol. The van der Waals surface area contributed by atoms with Crippen molar-refractivity contribution < 1.29 is 14.5 Å². The van der Waals surface area contributed by atoms with Gasteiger partial charge in [0, 0.05) is 46.7 Å². The van der Waals surface area contributed by atoms with Crippen LogP contribution in [-0.2, 0) is 9.53 Å². The molecule has 8 nitrogen and oxygen atoms in total. The van der Waals surface area contributed by atoms with Crippen LogP contribution in [0.1, 0.15) is 6.92 Å². The van der Waals surface area contributed by atoms with Crippen molar-refractivity contribution in [1.29, 1.82) is 0 Å². The van der Waals surface area contributed by atoms with Gasteiger partial charge in [0.15, 0.2) is 5.13 Å². The van der Waals surface area contributed by atoms with Gasteiger partial charge in [0.25, 0.3) is 5.69 Å². The molecule has 0 saturated carbocycles. The molecule has 1 aliphatic rings. The van der Waals surface area contributed by atoms with E-state index < -0.39 is 4.92 Å². The third kappa shape index (κ3) is 5.45. The molecule has 0 radical (unpaired) electrons. The zero-order chi connectivity index (χ0) is 22.5. The Morgan fingerprint density at radius 1 is 1.19 bits per heavy atom. The average molecular weight is 471 g/mol. The molecule has 4 rings (SSSR count). The fourth-order valence-electron chi connectivity index (χ4n) is 3.17. The van der Waals surface area contributed by atoms with E-state index in [9.17, 15) is 14.9 Å². The third-order valence-corrected chi connectivity index (χ3v) is 6.96. The molecule has 1 fully saturated rings. The molecule has 32 heavy (non-hydrogen) atoms. The fourth-order valence-corrected chi connectivity index (χ4v) is 4.92. The standard InChI is InChI=1S/C22H22N4O4S2/c1-15(32-19-8-6-18(7-9-19)26(28)29)21(27)23-17-4-2-16(3-5-17)20-14-31-22(24-20)25-10-12-30-13-11-25/h2-9,14-15H,10-13H2,1H3,(H,23,27). The molecule has 2 aromatic carbocycles. The van der Waals surface area contributed by atoms with Crippen LogP contribution in [0.2, 0.25) is 0 Å². The maximum Gasteiger partial charge on any atom is 0.269 e. The molecule has 1 atom stereocenters. The number of ether oxygens (including phenoxy) is 1. The van der Waals surface area contributed by atoms with Crippen LogP contribution in [0.5, 0.6) is 0 Å². The van der Waals surface area contributed by atoms with Crippen LogP contribution < -0.4 is 10.2 Å². The number of thiazole rings is 1. The van der Waals surface area contributed by atoms with Crippen molar-refractivity contribution in [2.75, 3.05) is 36.5 Å². The number of carbonyl (C=O) groups is 1. The van der Waals surface area contributed by atoms with Crippen molar-refractivity contribution >= 4 is 45.5 Å². The van der Waals surface area contributed by atoms with Gasteiger partial charge in [-0.05, 0) is 31.2 Å². The van der Waals surface area contributed by atoms with Crippen molar-refractivity contribution in [2.45, 2.75) is 17.1 Å². The van der Waals surface area contributed by atoms with Gasteiger partial charge in [0.1, 0.15) is 0 Å². The quantitative estimate of drug-likeness (QED) is 0.304.